The third-order valence-corrected chi connectivity index (χ3v) is 6.36. The molecule has 3 heterocycles. The van der Waals surface area contributed by atoms with Crippen LogP contribution in [0, 0.1) is 11.6 Å². The molecule has 5 rings (SSSR count). The van der Waals surface area contributed by atoms with Crippen molar-refractivity contribution in [1.29, 1.82) is 0 Å². The van der Waals surface area contributed by atoms with E-state index in [9.17, 15) is 22.4 Å². The molecule has 202 valence electrons. The van der Waals surface area contributed by atoms with Crippen molar-refractivity contribution >= 4 is 28.2 Å². The van der Waals surface area contributed by atoms with Gasteiger partial charge in [-0.2, -0.15) is 18.3 Å². The number of carbonyl (C=O) groups is 1. The number of rotatable bonds is 5. The molecule has 0 saturated carbocycles. The van der Waals surface area contributed by atoms with E-state index in [4.69, 9.17) is 0 Å². The van der Waals surface area contributed by atoms with Crippen LogP contribution in [-0.4, -0.2) is 39.7 Å². The topological polar surface area (TPSA) is 75.1 Å². The Hall–Kier alpha value is -4.32. The maximum absolute atomic E-state index is 15.3. The highest BCUT2D eigenvalue weighted by Gasteiger charge is 2.40. The Morgan fingerprint density at radius 1 is 1.08 bits per heavy atom. The number of anilines is 2. The van der Waals surface area contributed by atoms with E-state index >= 15 is 4.39 Å². The Morgan fingerprint density at radius 3 is 2.56 bits per heavy atom. The molecule has 2 aromatic heterocycles. The fourth-order valence-electron chi connectivity index (χ4n) is 4.66. The maximum atomic E-state index is 15.3. The highest BCUT2D eigenvalue weighted by Crippen LogP contribution is 2.41. The van der Waals surface area contributed by atoms with E-state index < -0.39 is 40.9 Å². The SMILES string of the molecule is CC1=C(C(=O)Nc2ccc3cnccc3c2)C(c2ccc(C(F)(F)F)c(F)c2F)n2nc(CN(C)C)cc2N1. The Bertz CT molecular complexity index is 1620. The molecular weight excluding hydrogens is 519 g/mol. The number of benzene rings is 2. The van der Waals surface area contributed by atoms with Crippen molar-refractivity contribution in [3.63, 3.8) is 0 Å². The predicted molar refractivity (Wildman–Crippen MR) is 136 cm³/mol. The fourth-order valence-corrected chi connectivity index (χ4v) is 4.66. The Kier molecular flexibility index (Phi) is 6.59. The van der Waals surface area contributed by atoms with Crippen molar-refractivity contribution in [2.45, 2.75) is 25.7 Å². The zero-order valence-corrected chi connectivity index (χ0v) is 21.1. The first kappa shape index (κ1) is 26.3. The summed E-state index contributed by atoms with van der Waals surface area (Å²) in [6.07, 6.45) is -1.82. The number of aromatic nitrogens is 3. The van der Waals surface area contributed by atoms with Crippen LogP contribution in [0.2, 0.25) is 0 Å². The first-order valence-corrected chi connectivity index (χ1v) is 11.8. The first-order chi connectivity index (χ1) is 18.4. The summed E-state index contributed by atoms with van der Waals surface area (Å²) in [5, 5.41) is 12.0. The smallest absolute Gasteiger partial charge is 0.344 e. The Morgan fingerprint density at radius 2 is 1.85 bits per heavy atom. The summed E-state index contributed by atoms with van der Waals surface area (Å²) >= 11 is 0. The number of halogens is 5. The molecule has 0 saturated heterocycles. The number of allylic oxidation sites excluding steroid dienone is 1. The minimum absolute atomic E-state index is 0.0325. The molecule has 1 atom stereocenters. The summed E-state index contributed by atoms with van der Waals surface area (Å²) in [7, 11) is 3.63. The maximum Gasteiger partial charge on any atom is 0.419 e. The molecule has 0 radical (unpaired) electrons. The minimum Gasteiger partial charge on any atom is -0.344 e. The predicted octanol–water partition coefficient (Wildman–Crippen LogP) is 5.72. The second-order valence-corrected chi connectivity index (χ2v) is 9.49. The molecule has 4 aromatic rings. The Labute approximate surface area is 219 Å². The van der Waals surface area contributed by atoms with E-state index in [-0.39, 0.29) is 5.57 Å². The van der Waals surface area contributed by atoms with Crippen molar-refractivity contribution in [2.24, 2.45) is 0 Å². The monoisotopic (exact) mass is 542 g/mol. The van der Waals surface area contributed by atoms with Gasteiger partial charge in [-0.05, 0) is 50.7 Å². The van der Waals surface area contributed by atoms with E-state index in [1.54, 1.807) is 49.6 Å². The molecule has 0 spiro atoms. The zero-order chi connectivity index (χ0) is 28.1. The second-order valence-electron chi connectivity index (χ2n) is 9.49. The van der Waals surface area contributed by atoms with Gasteiger partial charge in [0.25, 0.3) is 5.91 Å². The third-order valence-electron chi connectivity index (χ3n) is 6.36. The molecule has 7 nitrogen and oxygen atoms in total. The quantitative estimate of drug-likeness (QED) is 0.316. The molecule has 0 fully saturated rings. The lowest BCUT2D eigenvalue weighted by Gasteiger charge is -2.30. The van der Waals surface area contributed by atoms with Crippen molar-refractivity contribution < 1.29 is 26.7 Å². The Balaban J connectivity index is 1.62. The van der Waals surface area contributed by atoms with E-state index in [0.717, 1.165) is 16.8 Å². The summed E-state index contributed by atoms with van der Waals surface area (Å²) in [5.74, 6) is -4.03. The van der Waals surface area contributed by atoms with Gasteiger partial charge in [-0.15, -0.1) is 0 Å². The first-order valence-electron chi connectivity index (χ1n) is 11.8. The van der Waals surface area contributed by atoms with Crippen LogP contribution in [0.3, 0.4) is 0 Å². The number of hydrogen-bond donors (Lipinski definition) is 2. The van der Waals surface area contributed by atoms with Crippen LogP contribution < -0.4 is 10.6 Å². The van der Waals surface area contributed by atoms with Gasteiger partial charge >= 0.3 is 6.18 Å². The lowest BCUT2D eigenvalue weighted by molar-refractivity contribution is -0.140. The standard InChI is InChI=1S/C27H23F5N6O/c1-14-22(26(39)35-17-5-4-16-12-33-9-8-15(16)10-17)25(38-21(34-14)11-18(36-38)13-37(2)3)19-6-7-20(27(30,31)32)24(29)23(19)28/h4-12,25,34H,13H2,1-3H3,(H,35,39). The average molecular weight is 543 g/mol. The normalized spacial score (nSPS) is 15.5. The average Bonchev–Trinajstić information content (AvgIpc) is 3.25. The largest absolute Gasteiger partial charge is 0.419 e. The molecule has 2 aromatic carbocycles. The van der Waals surface area contributed by atoms with Gasteiger partial charge in [0.15, 0.2) is 11.6 Å². The second kappa shape index (κ2) is 9.77. The molecule has 12 heteroatoms. The van der Waals surface area contributed by atoms with Crippen molar-refractivity contribution in [3.05, 3.63) is 94.6 Å². The molecule has 1 aliphatic heterocycles. The number of nitrogens with zero attached hydrogens (tertiary/aromatic N) is 4. The molecule has 0 bridgehead atoms. The summed E-state index contributed by atoms with van der Waals surface area (Å²) in [5.41, 5.74) is -0.934. The van der Waals surface area contributed by atoms with Crippen LogP contribution in [0.4, 0.5) is 33.5 Å². The number of fused-ring (bicyclic) bond motifs is 2. The molecule has 1 unspecified atom stereocenters. The van der Waals surface area contributed by atoms with Crippen molar-refractivity contribution in [3.8, 4) is 0 Å². The van der Waals surface area contributed by atoms with Gasteiger partial charge in [0, 0.05) is 47.3 Å². The van der Waals surface area contributed by atoms with Gasteiger partial charge in [-0.25, -0.2) is 13.5 Å². The van der Waals surface area contributed by atoms with E-state index in [0.29, 0.717) is 35.5 Å². The third kappa shape index (κ3) is 4.94. The van der Waals surface area contributed by atoms with Crippen LogP contribution in [-0.2, 0) is 17.5 Å². The van der Waals surface area contributed by atoms with Gasteiger partial charge in [0.05, 0.1) is 16.8 Å². The van der Waals surface area contributed by atoms with Gasteiger partial charge < -0.3 is 15.5 Å². The highest BCUT2D eigenvalue weighted by molar-refractivity contribution is 6.06. The summed E-state index contributed by atoms with van der Waals surface area (Å²) < 4.78 is 71.2. The zero-order valence-electron chi connectivity index (χ0n) is 21.1. The number of hydrogen-bond acceptors (Lipinski definition) is 5. The lowest BCUT2D eigenvalue weighted by Crippen LogP contribution is -2.32. The van der Waals surface area contributed by atoms with E-state index in [1.807, 2.05) is 19.0 Å². The van der Waals surface area contributed by atoms with Crippen molar-refractivity contribution in [1.82, 2.24) is 19.7 Å². The summed E-state index contributed by atoms with van der Waals surface area (Å²) in [4.78, 5) is 19.5. The molecule has 2 N–H and O–H groups in total. The van der Waals surface area contributed by atoms with Crippen LogP contribution in [0.5, 0.6) is 0 Å². The van der Waals surface area contributed by atoms with Crippen LogP contribution in [0.1, 0.15) is 29.8 Å². The molecule has 1 aliphatic rings. The fraction of sp³-hybridized carbons (Fsp3) is 0.222. The minimum atomic E-state index is -5.09. The number of pyridine rings is 1. The van der Waals surface area contributed by atoms with Crippen LogP contribution in [0.15, 0.2) is 66.1 Å². The van der Waals surface area contributed by atoms with Gasteiger partial charge in [-0.3, -0.25) is 9.78 Å². The summed E-state index contributed by atoms with van der Waals surface area (Å²) in [6, 6.07) is 8.57. The van der Waals surface area contributed by atoms with E-state index in [1.165, 1.54) is 4.68 Å². The van der Waals surface area contributed by atoms with Gasteiger partial charge in [0.1, 0.15) is 11.9 Å². The molecular formula is C27H23F5N6O. The molecule has 39 heavy (non-hydrogen) atoms. The molecule has 0 aliphatic carbocycles. The van der Waals surface area contributed by atoms with Gasteiger partial charge in [-0.1, -0.05) is 12.1 Å². The summed E-state index contributed by atoms with van der Waals surface area (Å²) in [6.45, 7) is 1.97. The van der Waals surface area contributed by atoms with Crippen LogP contribution >= 0.6 is 0 Å². The number of nitrogens with one attached hydrogen (secondary N) is 2. The van der Waals surface area contributed by atoms with Gasteiger partial charge in [0.2, 0.25) is 0 Å². The number of amides is 1. The molecule has 1 amide bonds. The number of alkyl halides is 3. The number of carbonyl (C=O) groups excluding carboxylic acids is 1. The van der Waals surface area contributed by atoms with Crippen LogP contribution in [0.25, 0.3) is 10.8 Å². The highest BCUT2D eigenvalue weighted by atomic mass is 19.4. The lowest BCUT2D eigenvalue weighted by atomic mass is 9.93. The van der Waals surface area contributed by atoms with Crippen molar-refractivity contribution in [2.75, 3.05) is 24.7 Å². The van der Waals surface area contributed by atoms with E-state index in [2.05, 4.69) is 20.7 Å².